The lowest BCUT2D eigenvalue weighted by Crippen LogP contribution is -2.38. The van der Waals surface area contributed by atoms with Crippen LogP contribution in [0.15, 0.2) is 17.4 Å². The highest BCUT2D eigenvalue weighted by atomic mass is 15.4. The zero-order valence-corrected chi connectivity index (χ0v) is 9.34. The normalized spacial score (nSPS) is 17.9. The van der Waals surface area contributed by atoms with Crippen LogP contribution in [0.2, 0.25) is 0 Å². The second kappa shape index (κ2) is 5.48. The fourth-order valence-corrected chi connectivity index (χ4v) is 1.95. The molecule has 6 heteroatoms. The fraction of sp³-hybridized carbons (Fsp3) is 0.700. The van der Waals surface area contributed by atoms with Crippen LogP contribution >= 0.6 is 0 Å². The smallest absolute Gasteiger partial charge is 0.188 e. The van der Waals surface area contributed by atoms with Crippen molar-refractivity contribution in [1.82, 2.24) is 20.3 Å². The molecule has 16 heavy (non-hydrogen) atoms. The molecule has 0 amide bonds. The summed E-state index contributed by atoms with van der Waals surface area (Å²) in [6, 6.07) is 0.523. The Morgan fingerprint density at radius 2 is 2.31 bits per heavy atom. The van der Waals surface area contributed by atoms with Gasteiger partial charge in [0.25, 0.3) is 0 Å². The molecule has 2 rings (SSSR count). The second-order valence-electron chi connectivity index (χ2n) is 4.06. The topological polar surface area (TPSA) is 81.1 Å². The summed E-state index contributed by atoms with van der Waals surface area (Å²) >= 11 is 0. The van der Waals surface area contributed by atoms with Crippen molar-refractivity contribution >= 4 is 5.96 Å². The summed E-state index contributed by atoms with van der Waals surface area (Å²) in [6.07, 6.45) is 8.48. The van der Waals surface area contributed by atoms with E-state index in [4.69, 9.17) is 5.73 Å². The molecule has 0 atom stereocenters. The Morgan fingerprint density at radius 3 is 3.00 bits per heavy atom. The summed E-state index contributed by atoms with van der Waals surface area (Å²) in [5, 5.41) is 10.8. The van der Waals surface area contributed by atoms with E-state index in [1.165, 1.54) is 25.7 Å². The van der Waals surface area contributed by atoms with Crippen LogP contribution < -0.4 is 11.1 Å². The first-order valence-electron chi connectivity index (χ1n) is 5.75. The SMILES string of the molecule is NC(=NCCn1ccnn1)NC1CCCC1. The van der Waals surface area contributed by atoms with E-state index in [2.05, 4.69) is 20.6 Å². The Hall–Kier alpha value is -1.59. The molecule has 1 aromatic heterocycles. The van der Waals surface area contributed by atoms with Gasteiger partial charge in [0.2, 0.25) is 0 Å². The average Bonchev–Trinajstić information content (AvgIpc) is 2.90. The van der Waals surface area contributed by atoms with Gasteiger partial charge >= 0.3 is 0 Å². The molecule has 0 radical (unpaired) electrons. The Labute approximate surface area is 94.9 Å². The maximum Gasteiger partial charge on any atom is 0.188 e. The zero-order valence-electron chi connectivity index (χ0n) is 9.34. The number of nitrogens with zero attached hydrogens (tertiary/aromatic N) is 4. The van der Waals surface area contributed by atoms with Gasteiger partial charge in [-0.2, -0.15) is 0 Å². The quantitative estimate of drug-likeness (QED) is 0.560. The molecule has 0 spiro atoms. The number of hydrogen-bond donors (Lipinski definition) is 2. The van der Waals surface area contributed by atoms with Crippen LogP contribution in [0.25, 0.3) is 0 Å². The zero-order chi connectivity index (χ0) is 11.2. The maximum atomic E-state index is 5.79. The van der Waals surface area contributed by atoms with E-state index >= 15 is 0 Å². The van der Waals surface area contributed by atoms with Crippen LogP contribution in [0.1, 0.15) is 25.7 Å². The van der Waals surface area contributed by atoms with Crippen molar-refractivity contribution in [2.75, 3.05) is 6.54 Å². The summed E-state index contributed by atoms with van der Waals surface area (Å²) in [4.78, 5) is 4.26. The highest BCUT2D eigenvalue weighted by Gasteiger charge is 2.14. The summed E-state index contributed by atoms with van der Waals surface area (Å²) in [5.41, 5.74) is 5.79. The van der Waals surface area contributed by atoms with Crippen LogP contribution in [-0.2, 0) is 6.54 Å². The second-order valence-corrected chi connectivity index (χ2v) is 4.06. The molecule has 0 aromatic carbocycles. The number of aromatic nitrogens is 3. The first-order valence-corrected chi connectivity index (χ1v) is 5.75. The van der Waals surface area contributed by atoms with Crippen molar-refractivity contribution in [3.05, 3.63) is 12.4 Å². The van der Waals surface area contributed by atoms with Gasteiger partial charge in [-0.1, -0.05) is 18.1 Å². The van der Waals surface area contributed by atoms with Crippen LogP contribution in [0.3, 0.4) is 0 Å². The molecular formula is C10H18N6. The van der Waals surface area contributed by atoms with Gasteiger partial charge < -0.3 is 11.1 Å². The lowest BCUT2D eigenvalue weighted by molar-refractivity contribution is 0.591. The first-order chi connectivity index (χ1) is 7.84. The standard InChI is InChI=1S/C10H18N6/c11-10(14-9-3-1-2-4-9)12-5-7-16-8-6-13-15-16/h6,8-9H,1-5,7H2,(H3,11,12,14). The summed E-state index contributed by atoms with van der Waals surface area (Å²) < 4.78 is 1.74. The van der Waals surface area contributed by atoms with Gasteiger partial charge in [-0.25, -0.2) is 0 Å². The molecule has 0 unspecified atom stereocenters. The van der Waals surface area contributed by atoms with Gasteiger partial charge in [0.1, 0.15) is 0 Å². The van der Waals surface area contributed by atoms with E-state index in [9.17, 15) is 0 Å². The van der Waals surface area contributed by atoms with Crippen LogP contribution in [0, 0.1) is 0 Å². The Balaban J connectivity index is 1.69. The van der Waals surface area contributed by atoms with Crippen molar-refractivity contribution in [1.29, 1.82) is 0 Å². The van der Waals surface area contributed by atoms with Gasteiger partial charge in [0.05, 0.1) is 19.3 Å². The van der Waals surface area contributed by atoms with E-state index in [1.54, 1.807) is 10.9 Å². The molecule has 1 saturated carbocycles. The van der Waals surface area contributed by atoms with E-state index in [0.29, 0.717) is 25.1 Å². The third-order valence-corrected chi connectivity index (χ3v) is 2.79. The third kappa shape index (κ3) is 3.22. The minimum atomic E-state index is 0.523. The minimum Gasteiger partial charge on any atom is -0.370 e. The Kier molecular flexibility index (Phi) is 3.74. The molecule has 1 aromatic rings. The van der Waals surface area contributed by atoms with Crippen molar-refractivity contribution in [2.45, 2.75) is 38.3 Å². The lowest BCUT2D eigenvalue weighted by Gasteiger charge is -2.11. The lowest BCUT2D eigenvalue weighted by atomic mass is 10.2. The number of nitrogens with two attached hydrogens (primary N) is 1. The van der Waals surface area contributed by atoms with Gasteiger partial charge in [-0.05, 0) is 12.8 Å². The Morgan fingerprint density at radius 1 is 1.50 bits per heavy atom. The highest BCUT2D eigenvalue weighted by molar-refractivity contribution is 5.78. The molecule has 0 bridgehead atoms. The molecule has 1 fully saturated rings. The van der Waals surface area contributed by atoms with Crippen molar-refractivity contribution in [2.24, 2.45) is 10.7 Å². The van der Waals surface area contributed by atoms with Crippen molar-refractivity contribution < 1.29 is 0 Å². The fourth-order valence-electron chi connectivity index (χ4n) is 1.95. The monoisotopic (exact) mass is 222 g/mol. The maximum absolute atomic E-state index is 5.79. The minimum absolute atomic E-state index is 0.523. The van der Waals surface area contributed by atoms with E-state index in [0.717, 1.165) is 0 Å². The number of rotatable bonds is 4. The largest absolute Gasteiger partial charge is 0.370 e. The van der Waals surface area contributed by atoms with Crippen molar-refractivity contribution in [3.8, 4) is 0 Å². The van der Waals surface area contributed by atoms with E-state index in [-0.39, 0.29) is 0 Å². The van der Waals surface area contributed by atoms with Crippen LogP contribution in [0.4, 0.5) is 0 Å². The third-order valence-electron chi connectivity index (χ3n) is 2.79. The molecule has 88 valence electrons. The van der Waals surface area contributed by atoms with E-state index in [1.807, 2.05) is 6.20 Å². The molecule has 0 aliphatic heterocycles. The number of aliphatic imine (C=N–C) groups is 1. The summed E-state index contributed by atoms with van der Waals surface area (Å²) in [6.45, 7) is 1.35. The van der Waals surface area contributed by atoms with Crippen LogP contribution in [-0.4, -0.2) is 33.5 Å². The molecule has 1 heterocycles. The predicted molar refractivity (Wildman–Crippen MR) is 61.9 cm³/mol. The van der Waals surface area contributed by atoms with E-state index < -0.39 is 0 Å². The molecule has 3 N–H and O–H groups in total. The van der Waals surface area contributed by atoms with Gasteiger partial charge in [-0.15, -0.1) is 5.10 Å². The molecule has 1 aliphatic rings. The summed E-state index contributed by atoms with van der Waals surface area (Å²) in [7, 11) is 0. The first kappa shape index (κ1) is 10.9. The number of hydrogen-bond acceptors (Lipinski definition) is 3. The highest BCUT2D eigenvalue weighted by Crippen LogP contribution is 2.17. The number of guanidine groups is 1. The predicted octanol–water partition coefficient (Wildman–Crippen LogP) is 0.125. The average molecular weight is 222 g/mol. The van der Waals surface area contributed by atoms with Crippen LogP contribution in [0.5, 0.6) is 0 Å². The molecule has 1 aliphatic carbocycles. The molecule has 0 saturated heterocycles. The Bertz CT molecular complexity index is 325. The van der Waals surface area contributed by atoms with Gasteiger partial charge in [0, 0.05) is 12.2 Å². The van der Waals surface area contributed by atoms with Gasteiger partial charge in [-0.3, -0.25) is 9.67 Å². The summed E-state index contributed by atoms with van der Waals surface area (Å²) in [5.74, 6) is 0.548. The molecular weight excluding hydrogens is 204 g/mol. The molecule has 6 nitrogen and oxygen atoms in total. The number of nitrogens with one attached hydrogen (secondary N) is 1. The van der Waals surface area contributed by atoms with Crippen molar-refractivity contribution in [3.63, 3.8) is 0 Å². The van der Waals surface area contributed by atoms with Gasteiger partial charge in [0.15, 0.2) is 5.96 Å².